The van der Waals surface area contributed by atoms with E-state index in [1.807, 2.05) is 0 Å². The molecule has 0 atom stereocenters. The van der Waals surface area contributed by atoms with Crippen molar-refractivity contribution < 1.29 is 19.4 Å². The highest BCUT2D eigenvalue weighted by molar-refractivity contribution is 6.35. The largest absolute Gasteiger partial charge is 0.546 e. The molecular weight excluding hydrogens is 257 g/mol. The normalized spacial score (nSPS) is 9.62. The Labute approximate surface area is 101 Å². The minimum absolute atomic E-state index is 0.306. The van der Waals surface area contributed by atoms with Gasteiger partial charge in [-0.2, -0.15) is 0 Å². The Morgan fingerprint density at radius 1 is 1.25 bits per heavy atom. The van der Waals surface area contributed by atoms with Crippen LogP contribution in [0.4, 0.5) is 10.5 Å². The van der Waals surface area contributed by atoms with Gasteiger partial charge in [0.2, 0.25) is 0 Å². The van der Waals surface area contributed by atoms with Crippen LogP contribution in [-0.2, 0) is 9.53 Å². The van der Waals surface area contributed by atoms with Gasteiger partial charge in [-0.1, -0.05) is 23.2 Å². The number of nitrogens with one attached hydrogen (secondary N) is 1. The number of anilines is 1. The number of carbonyl (C=O) groups is 2. The molecule has 0 spiro atoms. The van der Waals surface area contributed by atoms with Gasteiger partial charge in [-0.25, -0.2) is 4.79 Å². The first kappa shape index (κ1) is 12.6. The lowest BCUT2D eigenvalue weighted by Gasteiger charge is -2.07. The number of carbonyl (C=O) groups excluding carboxylic acids is 2. The molecule has 1 N–H and O–H groups in total. The van der Waals surface area contributed by atoms with Gasteiger partial charge in [0.05, 0.1) is 5.97 Å². The van der Waals surface area contributed by atoms with Gasteiger partial charge in [0.1, 0.15) is 6.61 Å². The van der Waals surface area contributed by atoms with E-state index >= 15 is 0 Å². The fraction of sp³-hybridized carbons (Fsp3) is 0.111. The number of ether oxygens (including phenoxy) is 1. The third-order valence-corrected chi connectivity index (χ3v) is 1.87. The third kappa shape index (κ3) is 4.37. The van der Waals surface area contributed by atoms with Crippen molar-refractivity contribution in [2.75, 3.05) is 11.9 Å². The van der Waals surface area contributed by atoms with E-state index in [1.54, 1.807) is 0 Å². The Bertz CT molecular complexity index is 402. The van der Waals surface area contributed by atoms with Crippen molar-refractivity contribution in [1.82, 2.24) is 0 Å². The summed E-state index contributed by atoms with van der Waals surface area (Å²) in [5.41, 5.74) is 0.306. The molecule has 0 aliphatic rings. The summed E-state index contributed by atoms with van der Waals surface area (Å²) >= 11 is 11.4. The fourth-order valence-electron chi connectivity index (χ4n) is 0.904. The Morgan fingerprint density at radius 3 is 2.31 bits per heavy atom. The highest BCUT2D eigenvalue weighted by atomic mass is 35.5. The molecular formula is C9H6Cl2NO4-. The molecule has 0 saturated carbocycles. The SMILES string of the molecule is O=C([O-])COC(=O)Nc1cc(Cl)cc(Cl)c1. The predicted molar refractivity (Wildman–Crippen MR) is 56.4 cm³/mol. The number of benzene rings is 1. The lowest BCUT2D eigenvalue weighted by Crippen LogP contribution is -2.30. The highest BCUT2D eigenvalue weighted by Gasteiger charge is 2.04. The van der Waals surface area contributed by atoms with Crippen LogP contribution in [0.1, 0.15) is 0 Å². The summed E-state index contributed by atoms with van der Waals surface area (Å²) in [6, 6.07) is 4.36. The van der Waals surface area contributed by atoms with Crippen LogP contribution in [0.5, 0.6) is 0 Å². The number of amides is 1. The number of carboxylic acids is 1. The molecule has 5 nitrogen and oxygen atoms in total. The number of hydrogen-bond acceptors (Lipinski definition) is 4. The summed E-state index contributed by atoms with van der Waals surface area (Å²) in [7, 11) is 0. The molecule has 0 radical (unpaired) electrons. The van der Waals surface area contributed by atoms with Crippen molar-refractivity contribution in [2.45, 2.75) is 0 Å². The van der Waals surface area contributed by atoms with Crippen LogP contribution in [0.2, 0.25) is 10.0 Å². The summed E-state index contributed by atoms with van der Waals surface area (Å²) in [6.07, 6.45) is -0.928. The molecule has 0 aliphatic heterocycles. The van der Waals surface area contributed by atoms with Crippen molar-refractivity contribution in [3.8, 4) is 0 Å². The Balaban J connectivity index is 2.59. The second kappa shape index (κ2) is 5.58. The minimum Gasteiger partial charge on any atom is -0.546 e. The fourth-order valence-corrected chi connectivity index (χ4v) is 1.43. The van der Waals surface area contributed by atoms with Crippen LogP contribution in [0, 0.1) is 0 Å². The quantitative estimate of drug-likeness (QED) is 0.891. The minimum atomic E-state index is -1.49. The van der Waals surface area contributed by atoms with E-state index in [-0.39, 0.29) is 0 Å². The van der Waals surface area contributed by atoms with Crippen molar-refractivity contribution >= 4 is 41.0 Å². The van der Waals surface area contributed by atoms with E-state index in [1.165, 1.54) is 18.2 Å². The van der Waals surface area contributed by atoms with E-state index < -0.39 is 18.7 Å². The third-order valence-electron chi connectivity index (χ3n) is 1.43. The summed E-state index contributed by atoms with van der Waals surface area (Å²) in [4.78, 5) is 21.0. The summed E-state index contributed by atoms with van der Waals surface area (Å²) in [5, 5.41) is 12.9. The molecule has 0 bridgehead atoms. The van der Waals surface area contributed by atoms with Gasteiger partial charge in [0.15, 0.2) is 0 Å². The second-order valence-electron chi connectivity index (χ2n) is 2.73. The van der Waals surface area contributed by atoms with Gasteiger partial charge >= 0.3 is 6.09 Å². The average molecular weight is 263 g/mol. The molecule has 1 rings (SSSR count). The van der Waals surface area contributed by atoms with Crippen LogP contribution < -0.4 is 10.4 Å². The Kier molecular flexibility index (Phi) is 4.39. The van der Waals surface area contributed by atoms with Gasteiger partial charge in [-0.15, -0.1) is 0 Å². The van der Waals surface area contributed by atoms with E-state index in [0.717, 1.165) is 0 Å². The maximum atomic E-state index is 11.0. The first-order valence-corrected chi connectivity index (χ1v) is 4.82. The lowest BCUT2D eigenvalue weighted by molar-refractivity contribution is -0.308. The average Bonchev–Trinajstić information content (AvgIpc) is 2.12. The molecule has 0 unspecified atom stereocenters. The Morgan fingerprint density at radius 2 is 1.81 bits per heavy atom. The van der Waals surface area contributed by atoms with E-state index in [0.29, 0.717) is 15.7 Å². The van der Waals surface area contributed by atoms with Crippen LogP contribution in [-0.4, -0.2) is 18.7 Å². The van der Waals surface area contributed by atoms with Gasteiger partial charge < -0.3 is 14.6 Å². The number of carboxylic acid groups (broad SMARTS) is 1. The first-order chi connectivity index (χ1) is 7.47. The van der Waals surface area contributed by atoms with Crippen molar-refractivity contribution in [2.24, 2.45) is 0 Å². The molecule has 0 aromatic heterocycles. The molecule has 1 aromatic carbocycles. The van der Waals surface area contributed by atoms with Crippen LogP contribution in [0.3, 0.4) is 0 Å². The standard InChI is InChI=1S/C9H7Cl2NO4/c10-5-1-6(11)3-7(2-5)12-9(15)16-4-8(13)14/h1-3H,4H2,(H,12,15)(H,13,14)/p-1. The number of hydrogen-bond donors (Lipinski definition) is 1. The number of rotatable bonds is 3. The van der Waals surface area contributed by atoms with Gasteiger partial charge in [0, 0.05) is 15.7 Å². The summed E-state index contributed by atoms with van der Waals surface area (Å²) in [5.74, 6) is -1.49. The molecule has 0 aliphatic carbocycles. The van der Waals surface area contributed by atoms with Crippen LogP contribution in [0.15, 0.2) is 18.2 Å². The van der Waals surface area contributed by atoms with Crippen molar-refractivity contribution in [1.29, 1.82) is 0 Å². The Hall–Kier alpha value is -1.46. The molecule has 1 amide bonds. The molecule has 16 heavy (non-hydrogen) atoms. The number of halogens is 2. The maximum Gasteiger partial charge on any atom is 0.411 e. The molecule has 1 aromatic rings. The van der Waals surface area contributed by atoms with Crippen molar-refractivity contribution in [3.63, 3.8) is 0 Å². The second-order valence-corrected chi connectivity index (χ2v) is 3.60. The van der Waals surface area contributed by atoms with Crippen LogP contribution >= 0.6 is 23.2 Å². The van der Waals surface area contributed by atoms with Gasteiger partial charge in [-0.05, 0) is 18.2 Å². The molecule has 0 fully saturated rings. The highest BCUT2D eigenvalue weighted by Crippen LogP contribution is 2.22. The molecule has 0 heterocycles. The summed E-state index contributed by atoms with van der Waals surface area (Å²) in [6.45, 7) is -0.819. The summed E-state index contributed by atoms with van der Waals surface area (Å²) < 4.78 is 4.29. The smallest absolute Gasteiger partial charge is 0.411 e. The lowest BCUT2D eigenvalue weighted by atomic mass is 10.3. The monoisotopic (exact) mass is 262 g/mol. The van der Waals surface area contributed by atoms with E-state index in [4.69, 9.17) is 23.2 Å². The zero-order valence-electron chi connectivity index (χ0n) is 7.83. The first-order valence-electron chi connectivity index (χ1n) is 4.07. The van der Waals surface area contributed by atoms with Gasteiger partial charge in [0.25, 0.3) is 0 Å². The molecule has 86 valence electrons. The maximum absolute atomic E-state index is 11.0. The zero-order chi connectivity index (χ0) is 12.1. The molecule has 7 heteroatoms. The topological polar surface area (TPSA) is 78.5 Å². The zero-order valence-corrected chi connectivity index (χ0v) is 9.34. The van der Waals surface area contributed by atoms with E-state index in [9.17, 15) is 14.7 Å². The van der Waals surface area contributed by atoms with Crippen molar-refractivity contribution in [3.05, 3.63) is 28.2 Å². The van der Waals surface area contributed by atoms with E-state index in [2.05, 4.69) is 10.1 Å². The molecule has 0 saturated heterocycles. The van der Waals surface area contributed by atoms with Crippen LogP contribution in [0.25, 0.3) is 0 Å². The number of aliphatic carboxylic acids is 1. The predicted octanol–water partition coefficient (Wildman–Crippen LogP) is 1.29. The van der Waals surface area contributed by atoms with Gasteiger partial charge in [-0.3, -0.25) is 5.32 Å².